The predicted octanol–water partition coefficient (Wildman–Crippen LogP) is 3.58. The molecule has 1 saturated heterocycles. The molecule has 0 bridgehead atoms. The molecular formula is C20H26O4. The molecule has 0 radical (unpaired) electrons. The molecule has 0 N–H and O–H groups in total. The Hall–Kier alpha value is -1.84. The van der Waals surface area contributed by atoms with Crippen molar-refractivity contribution in [1.82, 2.24) is 0 Å². The van der Waals surface area contributed by atoms with Gasteiger partial charge in [0.1, 0.15) is 12.2 Å². The average Bonchev–Trinajstić information content (AvgIpc) is 2.89. The number of esters is 2. The normalized spacial score (nSPS) is 38.0. The van der Waals surface area contributed by atoms with Crippen molar-refractivity contribution in [2.75, 3.05) is 0 Å². The smallest absolute Gasteiger partial charge is 0.331 e. The van der Waals surface area contributed by atoms with Gasteiger partial charge < -0.3 is 9.47 Å². The number of hydrogen-bond acceptors (Lipinski definition) is 4. The maximum Gasteiger partial charge on any atom is 0.331 e. The lowest BCUT2D eigenvalue weighted by Gasteiger charge is -2.26. The van der Waals surface area contributed by atoms with E-state index in [-0.39, 0.29) is 47.8 Å². The molecule has 0 aromatic rings. The topological polar surface area (TPSA) is 52.6 Å². The number of carbonyl (C=O) groups excluding carboxylic acids is 2. The van der Waals surface area contributed by atoms with Gasteiger partial charge in [0.25, 0.3) is 0 Å². The highest BCUT2D eigenvalue weighted by atomic mass is 16.6. The van der Waals surface area contributed by atoms with E-state index in [4.69, 9.17) is 9.47 Å². The van der Waals surface area contributed by atoms with Crippen molar-refractivity contribution in [1.29, 1.82) is 0 Å². The van der Waals surface area contributed by atoms with Crippen LogP contribution in [0.3, 0.4) is 0 Å². The zero-order valence-electron chi connectivity index (χ0n) is 14.7. The monoisotopic (exact) mass is 330 g/mol. The van der Waals surface area contributed by atoms with Crippen LogP contribution in [0.4, 0.5) is 0 Å². The van der Waals surface area contributed by atoms with Crippen LogP contribution in [0.1, 0.15) is 40.0 Å². The first kappa shape index (κ1) is 17.0. The molecule has 2 aliphatic carbocycles. The van der Waals surface area contributed by atoms with Gasteiger partial charge in [0.2, 0.25) is 0 Å². The van der Waals surface area contributed by atoms with Crippen molar-refractivity contribution in [3.8, 4) is 0 Å². The van der Waals surface area contributed by atoms with Gasteiger partial charge in [0, 0.05) is 17.9 Å². The van der Waals surface area contributed by atoms with Gasteiger partial charge >= 0.3 is 11.9 Å². The summed E-state index contributed by atoms with van der Waals surface area (Å²) in [6.07, 6.45) is 3.53. The van der Waals surface area contributed by atoms with Crippen LogP contribution in [0.25, 0.3) is 0 Å². The van der Waals surface area contributed by atoms with Crippen LogP contribution < -0.4 is 0 Å². The van der Waals surface area contributed by atoms with E-state index in [1.807, 2.05) is 20.8 Å². The van der Waals surface area contributed by atoms with Gasteiger partial charge in [-0.1, -0.05) is 31.2 Å². The van der Waals surface area contributed by atoms with Crippen LogP contribution in [0, 0.1) is 23.7 Å². The van der Waals surface area contributed by atoms with E-state index >= 15 is 0 Å². The van der Waals surface area contributed by atoms with Crippen LogP contribution in [0.15, 0.2) is 36.0 Å². The minimum Gasteiger partial charge on any atom is -0.461 e. The molecule has 0 aromatic carbocycles. The van der Waals surface area contributed by atoms with Gasteiger partial charge in [-0.2, -0.15) is 0 Å². The summed E-state index contributed by atoms with van der Waals surface area (Å²) in [4.78, 5) is 24.0. The number of rotatable bonds is 2. The van der Waals surface area contributed by atoms with Crippen LogP contribution in [0.2, 0.25) is 0 Å². The molecule has 0 spiro atoms. The quantitative estimate of drug-likeness (QED) is 0.441. The maximum absolute atomic E-state index is 12.0. The number of carbonyl (C=O) groups is 2. The van der Waals surface area contributed by atoms with E-state index in [0.29, 0.717) is 6.42 Å². The predicted molar refractivity (Wildman–Crippen MR) is 91.0 cm³/mol. The Balaban J connectivity index is 1.83. The largest absolute Gasteiger partial charge is 0.461 e. The average molecular weight is 330 g/mol. The number of fused-ring (bicyclic) bond motifs is 3. The summed E-state index contributed by atoms with van der Waals surface area (Å²) in [5.74, 6) is -0.140. The Morgan fingerprint density at radius 3 is 2.71 bits per heavy atom. The molecule has 0 aromatic heterocycles. The minimum atomic E-state index is -0.337. The first-order valence-corrected chi connectivity index (χ1v) is 8.72. The molecule has 1 heterocycles. The van der Waals surface area contributed by atoms with Crippen LogP contribution in [-0.4, -0.2) is 24.1 Å². The van der Waals surface area contributed by atoms with Crippen molar-refractivity contribution in [2.24, 2.45) is 23.7 Å². The zero-order chi connectivity index (χ0) is 17.6. The summed E-state index contributed by atoms with van der Waals surface area (Å²) in [7, 11) is 0. The molecule has 6 atom stereocenters. The van der Waals surface area contributed by atoms with Crippen LogP contribution in [-0.2, 0) is 19.1 Å². The Morgan fingerprint density at radius 1 is 1.33 bits per heavy atom. The maximum atomic E-state index is 12.0. The second-order valence-corrected chi connectivity index (χ2v) is 7.64. The minimum absolute atomic E-state index is 0.0170. The molecular weight excluding hydrogens is 304 g/mol. The van der Waals surface area contributed by atoms with E-state index in [0.717, 1.165) is 24.0 Å². The van der Waals surface area contributed by atoms with Crippen molar-refractivity contribution in [3.63, 3.8) is 0 Å². The third-order valence-electron chi connectivity index (χ3n) is 5.77. The highest BCUT2D eigenvalue weighted by molar-refractivity contribution is 5.83. The van der Waals surface area contributed by atoms with Gasteiger partial charge in [-0.3, -0.25) is 4.79 Å². The van der Waals surface area contributed by atoms with Crippen molar-refractivity contribution < 1.29 is 19.1 Å². The fourth-order valence-electron chi connectivity index (χ4n) is 4.48. The second-order valence-electron chi connectivity index (χ2n) is 7.64. The Bertz CT molecular complexity index is 626. The van der Waals surface area contributed by atoms with Crippen molar-refractivity contribution >= 4 is 11.9 Å². The lowest BCUT2D eigenvalue weighted by Crippen LogP contribution is -2.30. The molecule has 24 heavy (non-hydrogen) atoms. The Morgan fingerprint density at radius 2 is 2.04 bits per heavy atom. The van der Waals surface area contributed by atoms with Crippen LogP contribution >= 0.6 is 0 Å². The third-order valence-corrected chi connectivity index (χ3v) is 5.77. The number of hydrogen-bond donors (Lipinski definition) is 0. The first-order valence-electron chi connectivity index (χ1n) is 8.72. The number of ether oxygens (including phenoxy) is 2. The SMILES string of the molecule is C=C1CCC2C(C)C(=O)OC2C2C(=C)C(OC(=O)C=C(C)C)CC12. The van der Waals surface area contributed by atoms with Gasteiger partial charge in [0.05, 0.1) is 5.92 Å². The summed E-state index contributed by atoms with van der Waals surface area (Å²) in [6.45, 7) is 14.1. The first-order chi connectivity index (χ1) is 11.3. The molecule has 3 fully saturated rings. The van der Waals surface area contributed by atoms with Crippen LogP contribution in [0.5, 0.6) is 0 Å². The van der Waals surface area contributed by atoms with E-state index in [1.165, 1.54) is 11.6 Å². The summed E-state index contributed by atoms with van der Waals surface area (Å²) in [6, 6.07) is 0. The molecule has 3 rings (SSSR count). The molecule has 4 heteroatoms. The molecule has 6 unspecified atom stereocenters. The molecule has 2 saturated carbocycles. The van der Waals surface area contributed by atoms with E-state index in [1.54, 1.807) is 0 Å². The lowest BCUT2D eigenvalue weighted by molar-refractivity contribution is -0.145. The van der Waals surface area contributed by atoms with Gasteiger partial charge in [0.15, 0.2) is 0 Å². The van der Waals surface area contributed by atoms with E-state index < -0.39 is 0 Å². The van der Waals surface area contributed by atoms with E-state index in [9.17, 15) is 9.59 Å². The van der Waals surface area contributed by atoms with E-state index in [2.05, 4.69) is 13.2 Å². The lowest BCUT2D eigenvalue weighted by atomic mass is 9.80. The molecule has 0 amide bonds. The van der Waals surface area contributed by atoms with Gasteiger partial charge in [-0.05, 0) is 44.6 Å². The fourth-order valence-corrected chi connectivity index (χ4v) is 4.48. The molecule has 130 valence electrons. The van der Waals surface area contributed by atoms with Gasteiger partial charge in [-0.15, -0.1) is 0 Å². The van der Waals surface area contributed by atoms with Crippen molar-refractivity contribution in [2.45, 2.75) is 52.2 Å². The third kappa shape index (κ3) is 2.83. The highest BCUT2D eigenvalue weighted by Gasteiger charge is 2.54. The highest BCUT2D eigenvalue weighted by Crippen LogP contribution is 2.52. The Kier molecular flexibility index (Phi) is 4.41. The molecule has 4 nitrogen and oxygen atoms in total. The second kappa shape index (κ2) is 6.23. The molecule has 3 aliphatic rings. The summed E-state index contributed by atoms with van der Waals surface area (Å²) in [5.41, 5.74) is 2.94. The number of allylic oxidation sites excluding steroid dienone is 2. The summed E-state index contributed by atoms with van der Waals surface area (Å²) < 4.78 is 11.3. The summed E-state index contributed by atoms with van der Waals surface area (Å²) in [5, 5.41) is 0. The fraction of sp³-hybridized carbons (Fsp3) is 0.600. The van der Waals surface area contributed by atoms with Gasteiger partial charge in [-0.25, -0.2) is 4.79 Å². The summed E-state index contributed by atoms with van der Waals surface area (Å²) >= 11 is 0. The molecule has 1 aliphatic heterocycles. The van der Waals surface area contributed by atoms with Crippen molar-refractivity contribution in [3.05, 3.63) is 36.0 Å². The standard InChI is InChI=1S/C20H26O4/c1-10(2)8-17(21)23-16-9-15-11(3)6-7-14-12(4)20(22)24-19(14)18(15)13(16)5/h8,12,14-16,18-19H,3,5-7,9H2,1-2,4H3. The Labute approximate surface area is 143 Å². The zero-order valence-corrected chi connectivity index (χ0v) is 14.7.